The number of nitrogens with one attached hydrogen (secondary N) is 1. The van der Waals surface area contributed by atoms with Crippen LogP contribution >= 0.6 is 11.8 Å². The molecule has 0 amide bonds. The van der Waals surface area contributed by atoms with Crippen LogP contribution in [0.5, 0.6) is 0 Å². The van der Waals surface area contributed by atoms with Crippen LogP contribution in [-0.2, 0) is 47.6 Å². The molecule has 0 saturated heterocycles. The van der Waals surface area contributed by atoms with Crippen LogP contribution in [0.4, 0.5) is 0 Å². The fourth-order valence-electron chi connectivity index (χ4n) is 0. The molecular weight excluding hydrogens is 731 g/mol. The molecule has 0 heterocycles. The van der Waals surface area contributed by atoms with E-state index in [2.05, 4.69) is 16.4 Å². The van der Waals surface area contributed by atoms with Crippen molar-refractivity contribution in [3.63, 3.8) is 0 Å². The van der Waals surface area contributed by atoms with Crippen molar-refractivity contribution in [1.29, 1.82) is 4.78 Å². The summed E-state index contributed by atoms with van der Waals surface area (Å²) in [5.74, 6) is 10.1. The van der Waals surface area contributed by atoms with Gasteiger partial charge < -0.3 is 4.74 Å². The molecule has 0 aliphatic carbocycles. The predicted molar refractivity (Wildman–Crippen MR) is 170 cm³/mol. The van der Waals surface area contributed by atoms with Gasteiger partial charge in [0.2, 0.25) is 0 Å². The van der Waals surface area contributed by atoms with Gasteiger partial charge in [0.1, 0.15) is 9.84 Å². The van der Waals surface area contributed by atoms with Gasteiger partial charge in [0, 0.05) is 51.4 Å². The number of hydrogen-bond acceptors (Lipinski definition) is 9. The summed E-state index contributed by atoms with van der Waals surface area (Å²) in [7, 11) is -0.139. The number of hydrogen-bond donors (Lipinski definition) is 1. The molecule has 0 unspecified atom stereocenters. The molecule has 0 radical (unpaired) electrons. The van der Waals surface area contributed by atoms with Crippen molar-refractivity contribution < 1.29 is 30.2 Å². The Morgan fingerprint density at radius 3 is 1.00 bits per heavy atom. The molecule has 15 heteroatoms. The summed E-state index contributed by atoms with van der Waals surface area (Å²) in [6.45, 7) is 5.56. The Morgan fingerprint density at radius 2 is 1.00 bits per heavy atom. The molecule has 0 aromatic carbocycles. The second-order valence-electron chi connectivity index (χ2n) is 7.31. The summed E-state index contributed by atoms with van der Waals surface area (Å²) in [4.78, 5) is 0. The summed E-state index contributed by atoms with van der Waals surface area (Å²) in [6.07, 6.45) is 13.4. The Kier molecular flexibility index (Phi) is 84.2. The first-order valence-electron chi connectivity index (χ1n) is 9.74. The van der Waals surface area contributed by atoms with E-state index in [9.17, 15) is 24.1 Å². The minimum absolute atomic E-state index is 0.111. The minimum Gasteiger partial charge on any atom is -0.0630 e. The maximum atomic E-state index is 9.70. The molecule has 1 N–H and O–H groups in total. The van der Waals surface area contributed by atoms with Gasteiger partial charge >= 0.3 is 87.9 Å². The molecule has 228 valence electrons. The van der Waals surface area contributed by atoms with Gasteiger partial charge in [-0.15, -0.1) is 10.7 Å². The number of ether oxygens (including phenoxy) is 1. The third kappa shape index (κ3) is 17300. The Bertz CT molecular complexity index is 561. The van der Waals surface area contributed by atoms with Crippen molar-refractivity contribution in [3.05, 3.63) is 0 Å². The average molecular weight is 793 g/mol. The van der Waals surface area contributed by atoms with E-state index in [0.29, 0.717) is 0 Å². The fourth-order valence-corrected chi connectivity index (χ4v) is 0. The first-order valence-corrected chi connectivity index (χ1v) is 29.6. The van der Waals surface area contributed by atoms with Gasteiger partial charge in [-0.25, -0.2) is 8.42 Å². The van der Waals surface area contributed by atoms with Gasteiger partial charge in [-0.2, -0.15) is 11.8 Å². The second-order valence-corrected chi connectivity index (χ2v) is 23.1. The molecule has 0 spiro atoms. The number of sulfone groups is 1. The van der Waals surface area contributed by atoms with E-state index in [-0.39, 0.29) is 16.6 Å². The second kappa shape index (κ2) is 52.0. The molecule has 0 aliphatic rings. The van der Waals surface area contributed by atoms with Gasteiger partial charge in [-0.1, -0.05) is 20.8 Å². The average Bonchev–Trinajstić information content (AvgIpc) is 2.41. The van der Waals surface area contributed by atoms with Gasteiger partial charge in [0.25, 0.3) is 0 Å². The number of rotatable bonds is 0. The molecule has 0 atom stereocenters. The first kappa shape index (κ1) is 56.6. The van der Waals surface area contributed by atoms with Crippen LogP contribution in [0.3, 0.4) is 0 Å². The van der Waals surface area contributed by atoms with E-state index in [1.54, 1.807) is 50.1 Å². The van der Waals surface area contributed by atoms with Gasteiger partial charge in [-0.05, 0) is 30.9 Å². The van der Waals surface area contributed by atoms with E-state index < -0.39 is 47.2 Å². The van der Waals surface area contributed by atoms with Crippen molar-refractivity contribution in [2.24, 2.45) is 5.89 Å². The molecule has 0 bridgehead atoms. The van der Waals surface area contributed by atoms with E-state index in [0.717, 1.165) is 27.5 Å². The van der Waals surface area contributed by atoms with Crippen molar-refractivity contribution in [1.82, 2.24) is 0 Å². The zero-order chi connectivity index (χ0) is 32.4. The van der Waals surface area contributed by atoms with Crippen LogP contribution in [0, 0.1) is 10.7 Å². The van der Waals surface area contributed by atoms with E-state index in [1.165, 1.54) is 11.6 Å². The Balaban J connectivity index is -0.0000000328. The zero-order valence-corrected chi connectivity index (χ0v) is 34.1. The van der Waals surface area contributed by atoms with Crippen LogP contribution < -0.4 is 0 Å². The SMILES string of the molecule is COC.CS(C)(=O)=O.CS(C)=N.CS(C)=O.CSC.C[Se](C)(=O)=O.C[Se](C)=O.C[Se]C.[3H]C(C)(C)C. The van der Waals surface area contributed by atoms with Crippen LogP contribution in [0.1, 0.15) is 22.1 Å². The summed E-state index contributed by atoms with van der Waals surface area (Å²) in [5.41, 5.74) is 0. The summed E-state index contributed by atoms with van der Waals surface area (Å²) >= 11 is -1.92. The Hall–Kier alpha value is 1.52. The summed E-state index contributed by atoms with van der Waals surface area (Å²) in [6, 6.07) is 0. The third-order valence-electron chi connectivity index (χ3n) is 0. The molecule has 0 rings (SSSR count). The Morgan fingerprint density at radius 1 is 1.00 bits per heavy atom. The fraction of sp³-hybridized carbons (Fsp3) is 1.00. The zero-order valence-electron chi connectivity index (χ0n) is 26.7. The smallest absolute Gasteiger partial charge is 0.0294 e. The number of thioether (sulfide) groups is 1. The van der Waals surface area contributed by atoms with E-state index in [4.69, 9.17) is 6.15 Å². The van der Waals surface area contributed by atoms with Crippen molar-refractivity contribution in [2.45, 2.75) is 55.7 Å². The van der Waals surface area contributed by atoms with Gasteiger partial charge in [-0.3, -0.25) is 8.99 Å². The molecule has 0 aromatic heterocycles. The Labute approximate surface area is 243 Å². The topological polar surface area (TPSA) is 135 Å². The number of methoxy groups -OCH3 is 1. The van der Waals surface area contributed by atoms with E-state index in [1.807, 2.05) is 45.8 Å². The van der Waals surface area contributed by atoms with Crippen molar-refractivity contribution >= 4 is 84.6 Å². The molecule has 0 aliphatic heterocycles. The minimum atomic E-state index is -3.25. The molecule has 8 nitrogen and oxygen atoms in total. The molecule has 35 heavy (non-hydrogen) atoms. The molecular formula is C20H59NO7S4Se3. The van der Waals surface area contributed by atoms with Crippen LogP contribution in [0.25, 0.3) is 0 Å². The van der Waals surface area contributed by atoms with Gasteiger partial charge in [0.15, 0.2) is 0 Å². The van der Waals surface area contributed by atoms with Crippen LogP contribution in [-0.4, -0.2) is 118 Å². The normalized spacial score (nSPS) is 9.60. The maximum absolute atomic E-state index is 9.70. The van der Waals surface area contributed by atoms with Gasteiger partial charge in [0.05, 0.1) is 0 Å². The molecule has 0 fully saturated rings. The van der Waals surface area contributed by atoms with Crippen molar-refractivity contribution in [3.8, 4) is 0 Å². The quantitative estimate of drug-likeness (QED) is 0.332. The molecule has 0 saturated carbocycles. The largest absolute Gasteiger partial charge is 0.0630 e. The standard InChI is InChI=1S/C4H10.C2H7NS.C2H6O2S.C2H6O2Se.C2H6OS.C2H6OSe.C2H6O.C2H6S.C2H6Se/c2*1-4(2)3;2*1-5(2,3)4;2*1-4(2)3;3*1-3-2/h4H,1-3H3;3H,1-2H3;2*1-2H3;2*1-2H3;3*1-2H3/i4T;;;;;;;;. The van der Waals surface area contributed by atoms with Crippen LogP contribution in [0.15, 0.2) is 0 Å². The third-order valence-corrected chi connectivity index (χ3v) is 0. The maximum Gasteiger partial charge on any atom is 0.0294 e. The summed E-state index contributed by atoms with van der Waals surface area (Å²) < 4.78 is 75.7. The summed E-state index contributed by atoms with van der Waals surface area (Å²) in [5, 5.41) is 0. The molecule has 0 aromatic rings. The van der Waals surface area contributed by atoms with Crippen LogP contribution in [0.2, 0.25) is 34.9 Å². The van der Waals surface area contributed by atoms with Crippen molar-refractivity contribution in [2.75, 3.05) is 64.3 Å². The predicted octanol–water partition coefficient (Wildman–Crippen LogP) is 5.19. The van der Waals surface area contributed by atoms with E-state index >= 15 is 0 Å². The monoisotopic (exact) mass is 795 g/mol. The first-order chi connectivity index (χ1) is 15.4.